The minimum absolute atomic E-state index is 0.109. The van der Waals surface area contributed by atoms with Crippen LogP contribution in [0.25, 0.3) is 0 Å². The first-order valence-corrected chi connectivity index (χ1v) is 7.13. The Kier molecular flexibility index (Phi) is 2.95. The maximum absolute atomic E-state index is 10.2. The summed E-state index contributed by atoms with van der Waals surface area (Å²) in [7, 11) is 0. The van der Waals surface area contributed by atoms with Crippen LogP contribution in [0.5, 0.6) is 0 Å². The van der Waals surface area contributed by atoms with E-state index in [4.69, 9.17) is 0 Å². The molecule has 2 unspecified atom stereocenters. The Morgan fingerprint density at radius 2 is 2.12 bits per heavy atom. The van der Waals surface area contributed by atoms with Gasteiger partial charge in [0.2, 0.25) is 0 Å². The van der Waals surface area contributed by atoms with E-state index in [0.29, 0.717) is 5.25 Å². The third kappa shape index (κ3) is 2.01. The maximum atomic E-state index is 10.2. The largest absolute Gasteiger partial charge is 0.392 e. The Morgan fingerprint density at radius 1 is 1.31 bits per heavy atom. The zero-order chi connectivity index (χ0) is 11.0. The number of aliphatic hydroxyl groups is 1. The maximum Gasteiger partial charge on any atom is 0.0668 e. The summed E-state index contributed by atoms with van der Waals surface area (Å²) in [5, 5.41) is 10.6. The van der Waals surface area contributed by atoms with Gasteiger partial charge in [0.05, 0.1) is 6.10 Å². The van der Waals surface area contributed by atoms with Gasteiger partial charge in [0, 0.05) is 10.1 Å². The molecular formula is C14H18OS. The van der Waals surface area contributed by atoms with E-state index < -0.39 is 0 Å². The summed E-state index contributed by atoms with van der Waals surface area (Å²) < 4.78 is 0. The molecule has 1 aromatic rings. The molecule has 1 heterocycles. The van der Waals surface area contributed by atoms with Crippen molar-refractivity contribution in [2.75, 3.05) is 0 Å². The average Bonchev–Trinajstić information content (AvgIpc) is 2.66. The average molecular weight is 234 g/mol. The summed E-state index contributed by atoms with van der Waals surface area (Å²) in [6.45, 7) is 0. The van der Waals surface area contributed by atoms with Crippen molar-refractivity contribution in [3.05, 3.63) is 29.8 Å². The Hall–Kier alpha value is -0.470. The van der Waals surface area contributed by atoms with Gasteiger partial charge >= 0.3 is 0 Å². The van der Waals surface area contributed by atoms with Crippen molar-refractivity contribution in [3.8, 4) is 0 Å². The lowest BCUT2D eigenvalue weighted by atomic mass is 9.80. The Morgan fingerprint density at radius 3 is 2.81 bits per heavy atom. The molecule has 1 saturated carbocycles. The highest BCUT2D eigenvalue weighted by molar-refractivity contribution is 8.00. The molecule has 16 heavy (non-hydrogen) atoms. The van der Waals surface area contributed by atoms with Crippen molar-refractivity contribution in [2.45, 2.75) is 48.4 Å². The predicted octanol–water partition coefficient (Wildman–Crippen LogP) is 3.25. The predicted molar refractivity (Wildman–Crippen MR) is 67.8 cm³/mol. The standard InChI is InChI=1S/C14H18OS/c15-12(8-10-4-3-5-10)14-9-11-6-1-2-7-13(11)16-14/h1-2,6-7,10,12,14-15H,3-5,8-9H2. The zero-order valence-electron chi connectivity index (χ0n) is 9.43. The topological polar surface area (TPSA) is 20.2 Å². The molecule has 0 saturated heterocycles. The molecule has 1 fully saturated rings. The Labute approximate surface area is 101 Å². The molecule has 2 heteroatoms. The van der Waals surface area contributed by atoms with Crippen molar-refractivity contribution < 1.29 is 5.11 Å². The summed E-state index contributed by atoms with van der Waals surface area (Å²) in [5.74, 6) is 0.805. The third-order valence-corrected chi connectivity index (χ3v) is 5.34. The van der Waals surface area contributed by atoms with Gasteiger partial charge in [-0.15, -0.1) is 11.8 Å². The monoisotopic (exact) mass is 234 g/mol. The van der Waals surface area contributed by atoms with Crippen LogP contribution < -0.4 is 0 Å². The van der Waals surface area contributed by atoms with E-state index in [-0.39, 0.29) is 6.10 Å². The molecule has 1 N–H and O–H groups in total. The summed E-state index contributed by atoms with van der Waals surface area (Å²) in [6, 6.07) is 8.56. The van der Waals surface area contributed by atoms with E-state index in [1.165, 1.54) is 29.7 Å². The molecule has 0 bridgehead atoms. The fourth-order valence-corrected chi connectivity index (χ4v) is 3.96. The van der Waals surface area contributed by atoms with E-state index >= 15 is 0 Å². The molecule has 1 nitrogen and oxygen atoms in total. The number of benzene rings is 1. The van der Waals surface area contributed by atoms with Gasteiger partial charge in [-0.2, -0.15) is 0 Å². The van der Waals surface area contributed by atoms with Gasteiger partial charge in [0.1, 0.15) is 0 Å². The molecule has 1 aliphatic heterocycles. The van der Waals surface area contributed by atoms with Gasteiger partial charge in [-0.1, -0.05) is 37.5 Å². The Balaban J connectivity index is 1.61. The van der Waals surface area contributed by atoms with Crippen molar-refractivity contribution >= 4 is 11.8 Å². The molecular weight excluding hydrogens is 216 g/mol. The highest BCUT2D eigenvalue weighted by Gasteiger charge is 2.31. The van der Waals surface area contributed by atoms with E-state index in [9.17, 15) is 5.11 Å². The third-order valence-electron chi connectivity index (χ3n) is 3.90. The van der Waals surface area contributed by atoms with Crippen molar-refractivity contribution in [3.63, 3.8) is 0 Å². The highest BCUT2D eigenvalue weighted by Crippen LogP contribution is 2.41. The quantitative estimate of drug-likeness (QED) is 0.866. The summed E-state index contributed by atoms with van der Waals surface area (Å²) in [4.78, 5) is 1.38. The van der Waals surface area contributed by atoms with Crippen LogP contribution in [0.15, 0.2) is 29.2 Å². The first-order chi connectivity index (χ1) is 7.83. The normalized spacial score (nSPS) is 26.2. The number of rotatable bonds is 3. The molecule has 2 aliphatic rings. The van der Waals surface area contributed by atoms with Crippen molar-refractivity contribution in [1.82, 2.24) is 0 Å². The van der Waals surface area contributed by atoms with Crippen LogP contribution in [-0.2, 0) is 6.42 Å². The lowest BCUT2D eigenvalue weighted by Crippen LogP contribution is -2.27. The van der Waals surface area contributed by atoms with E-state index in [1.807, 2.05) is 11.8 Å². The zero-order valence-corrected chi connectivity index (χ0v) is 10.2. The molecule has 1 aliphatic carbocycles. The van der Waals surface area contributed by atoms with Gasteiger partial charge in [-0.05, 0) is 30.4 Å². The second kappa shape index (κ2) is 4.42. The Bertz CT molecular complexity index is 348. The molecule has 0 spiro atoms. The summed E-state index contributed by atoms with van der Waals surface area (Å²) in [6.07, 6.45) is 6.00. The first kappa shape index (κ1) is 10.7. The van der Waals surface area contributed by atoms with Crippen LogP contribution in [0.3, 0.4) is 0 Å². The van der Waals surface area contributed by atoms with Crippen LogP contribution in [0.4, 0.5) is 0 Å². The van der Waals surface area contributed by atoms with Crippen LogP contribution in [0.1, 0.15) is 31.2 Å². The van der Waals surface area contributed by atoms with Crippen LogP contribution in [-0.4, -0.2) is 16.5 Å². The molecule has 2 atom stereocenters. The number of thioether (sulfide) groups is 1. The van der Waals surface area contributed by atoms with Crippen molar-refractivity contribution in [2.24, 2.45) is 5.92 Å². The van der Waals surface area contributed by atoms with Gasteiger partial charge in [0.25, 0.3) is 0 Å². The molecule has 0 radical (unpaired) electrons. The highest BCUT2D eigenvalue weighted by atomic mass is 32.2. The molecule has 1 aromatic carbocycles. The fourth-order valence-electron chi connectivity index (χ4n) is 2.65. The van der Waals surface area contributed by atoms with Gasteiger partial charge in [0.15, 0.2) is 0 Å². The van der Waals surface area contributed by atoms with Crippen LogP contribution in [0, 0.1) is 5.92 Å². The van der Waals surface area contributed by atoms with E-state index in [2.05, 4.69) is 24.3 Å². The van der Waals surface area contributed by atoms with E-state index in [0.717, 1.165) is 18.8 Å². The fraction of sp³-hybridized carbons (Fsp3) is 0.571. The van der Waals surface area contributed by atoms with Gasteiger partial charge in [-0.25, -0.2) is 0 Å². The van der Waals surface area contributed by atoms with Gasteiger partial charge < -0.3 is 5.11 Å². The van der Waals surface area contributed by atoms with E-state index in [1.54, 1.807) is 0 Å². The second-order valence-corrected chi connectivity index (χ2v) is 6.35. The van der Waals surface area contributed by atoms with Crippen LogP contribution in [0.2, 0.25) is 0 Å². The molecule has 86 valence electrons. The lowest BCUT2D eigenvalue weighted by molar-refractivity contribution is 0.116. The first-order valence-electron chi connectivity index (χ1n) is 6.25. The minimum Gasteiger partial charge on any atom is -0.392 e. The van der Waals surface area contributed by atoms with Crippen molar-refractivity contribution in [1.29, 1.82) is 0 Å². The van der Waals surface area contributed by atoms with Crippen LogP contribution >= 0.6 is 11.8 Å². The molecule has 0 aromatic heterocycles. The summed E-state index contributed by atoms with van der Waals surface area (Å²) >= 11 is 1.87. The minimum atomic E-state index is -0.109. The number of hydrogen-bond donors (Lipinski definition) is 1. The number of aliphatic hydroxyl groups excluding tert-OH is 1. The molecule has 3 rings (SSSR count). The number of hydrogen-bond acceptors (Lipinski definition) is 2. The smallest absolute Gasteiger partial charge is 0.0668 e. The molecule has 0 amide bonds. The van der Waals surface area contributed by atoms with Gasteiger partial charge in [-0.3, -0.25) is 0 Å². The second-order valence-electron chi connectivity index (χ2n) is 5.07. The number of fused-ring (bicyclic) bond motifs is 1. The summed E-state index contributed by atoms with van der Waals surface area (Å²) in [5.41, 5.74) is 1.42. The lowest BCUT2D eigenvalue weighted by Gasteiger charge is -2.29. The SMILES string of the molecule is OC(CC1CCC1)C1Cc2ccccc2S1.